The average molecular weight is 274 g/mol. The van der Waals surface area contributed by atoms with Crippen molar-refractivity contribution in [3.8, 4) is 11.8 Å². The fourth-order valence-electron chi connectivity index (χ4n) is 1.50. The number of hydrogen-bond acceptors (Lipinski definition) is 5. The molecule has 0 aliphatic rings. The molecule has 0 radical (unpaired) electrons. The Morgan fingerprint density at radius 1 is 1.50 bits per heavy atom. The Morgan fingerprint density at radius 2 is 2.30 bits per heavy atom. The standard InChI is InChI=1S/C13H14N4O3/c1-3-8-20-10-7-5-4-6-9(10)11(18)14-12-15-13(19-2)17-16-12/h3-7H,1,8H2,2H3,(H2,14,15,16,17,18). The van der Waals surface area contributed by atoms with Crippen molar-refractivity contribution >= 4 is 11.9 Å². The highest BCUT2D eigenvalue weighted by Gasteiger charge is 2.14. The van der Waals surface area contributed by atoms with E-state index in [1.54, 1.807) is 30.3 Å². The normalized spacial score (nSPS) is 9.85. The van der Waals surface area contributed by atoms with Gasteiger partial charge in [0.25, 0.3) is 5.91 Å². The van der Waals surface area contributed by atoms with Crippen molar-refractivity contribution in [1.29, 1.82) is 0 Å². The molecule has 1 aromatic heterocycles. The molecule has 0 aliphatic heterocycles. The number of benzene rings is 1. The number of aromatic nitrogens is 3. The lowest BCUT2D eigenvalue weighted by Crippen LogP contribution is -2.14. The molecule has 0 saturated heterocycles. The molecule has 104 valence electrons. The number of H-pyrrole nitrogens is 1. The van der Waals surface area contributed by atoms with Gasteiger partial charge in [-0.05, 0) is 12.1 Å². The van der Waals surface area contributed by atoms with E-state index in [1.165, 1.54) is 7.11 Å². The zero-order valence-electron chi connectivity index (χ0n) is 10.9. The minimum Gasteiger partial charge on any atom is -0.489 e. The first-order valence-corrected chi connectivity index (χ1v) is 5.85. The Morgan fingerprint density at radius 3 is 3.00 bits per heavy atom. The summed E-state index contributed by atoms with van der Waals surface area (Å²) in [4.78, 5) is 16.1. The molecular formula is C13H14N4O3. The number of hydrogen-bond donors (Lipinski definition) is 2. The maximum atomic E-state index is 12.2. The quantitative estimate of drug-likeness (QED) is 0.781. The average Bonchev–Trinajstić information content (AvgIpc) is 2.93. The first-order chi connectivity index (χ1) is 9.74. The monoisotopic (exact) mass is 274 g/mol. The molecule has 20 heavy (non-hydrogen) atoms. The molecule has 0 saturated carbocycles. The van der Waals surface area contributed by atoms with Crippen LogP contribution in [0, 0.1) is 0 Å². The number of nitrogens with zero attached hydrogens (tertiary/aromatic N) is 2. The molecule has 2 rings (SSSR count). The Hall–Kier alpha value is -2.83. The van der Waals surface area contributed by atoms with E-state index >= 15 is 0 Å². The van der Waals surface area contributed by atoms with Gasteiger partial charge in [-0.1, -0.05) is 24.8 Å². The molecule has 0 atom stereocenters. The van der Waals surface area contributed by atoms with Gasteiger partial charge in [0, 0.05) is 0 Å². The van der Waals surface area contributed by atoms with Crippen molar-refractivity contribution in [2.24, 2.45) is 0 Å². The Labute approximate surface area is 115 Å². The first kappa shape index (κ1) is 13.6. The zero-order valence-corrected chi connectivity index (χ0v) is 10.9. The van der Waals surface area contributed by atoms with Crippen LogP contribution in [-0.2, 0) is 0 Å². The van der Waals surface area contributed by atoms with Crippen molar-refractivity contribution in [2.75, 3.05) is 19.0 Å². The Bertz CT molecular complexity index is 609. The third kappa shape index (κ3) is 3.14. The second-order valence-corrected chi connectivity index (χ2v) is 3.72. The summed E-state index contributed by atoms with van der Waals surface area (Å²) in [5.41, 5.74) is 0.393. The Balaban J connectivity index is 2.14. The van der Waals surface area contributed by atoms with Crippen LogP contribution in [0.15, 0.2) is 36.9 Å². The van der Waals surface area contributed by atoms with Crippen LogP contribution < -0.4 is 14.8 Å². The van der Waals surface area contributed by atoms with Crippen LogP contribution >= 0.6 is 0 Å². The number of carbonyl (C=O) groups is 1. The van der Waals surface area contributed by atoms with E-state index in [0.29, 0.717) is 17.9 Å². The van der Waals surface area contributed by atoms with E-state index < -0.39 is 0 Å². The molecule has 1 amide bonds. The number of ether oxygens (including phenoxy) is 2. The second-order valence-electron chi connectivity index (χ2n) is 3.72. The summed E-state index contributed by atoms with van der Waals surface area (Å²) in [6.07, 6.45) is 1.61. The number of methoxy groups -OCH3 is 1. The molecule has 0 fully saturated rings. The summed E-state index contributed by atoms with van der Waals surface area (Å²) in [6, 6.07) is 7.04. The lowest BCUT2D eigenvalue weighted by molar-refractivity contribution is 0.102. The van der Waals surface area contributed by atoms with E-state index in [2.05, 4.69) is 27.1 Å². The first-order valence-electron chi connectivity index (χ1n) is 5.85. The molecule has 7 heteroatoms. The fourth-order valence-corrected chi connectivity index (χ4v) is 1.50. The highest BCUT2D eigenvalue weighted by Crippen LogP contribution is 2.19. The molecular weight excluding hydrogens is 260 g/mol. The van der Waals surface area contributed by atoms with Crippen LogP contribution in [0.25, 0.3) is 0 Å². The van der Waals surface area contributed by atoms with Crippen molar-refractivity contribution in [3.63, 3.8) is 0 Å². The smallest absolute Gasteiger partial charge is 0.336 e. The molecule has 0 spiro atoms. The summed E-state index contributed by atoms with van der Waals surface area (Å²) in [7, 11) is 1.44. The predicted molar refractivity (Wildman–Crippen MR) is 73.0 cm³/mol. The van der Waals surface area contributed by atoms with Gasteiger partial charge >= 0.3 is 6.01 Å². The van der Waals surface area contributed by atoms with Gasteiger partial charge in [-0.2, -0.15) is 4.98 Å². The molecule has 2 N–H and O–H groups in total. The minimum absolute atomic E-state index is 0.150. The van der Waals surface area contributed by atoms with E-state index in [0.717, 1.165) is 0 Å². The van der Waals surface area contributed by atoms with E-state index in [1.807, 2.05) is 0 Å². The van der Waals surface area contributed by atoms with Gasteiger partial charge in [0.15, 0.2) is 0 Å². The molecule has 0 aliphatic carbocycles. The van der Waals surface area contributed by atoms with Crippen molar-refractivity contribution < 1.29 is 14.3 Å². The lowest BCUT2D eigenvalue weighted by atomic mass is 10.2. The van der Waals surface area contributed by atoms with Crippen LogP contribution in [0.3, 0.4) is 0 Å². The summed E-state index contributed by atoms with van der Waals surface area (Å²) < 4.78 is 10.2. The van der Waals surface area contributed by atoms with Gasteiger partial charge in [-0.15, -0.1) is 5.10 Å². The number of para-hydroxylation sites is 1. The van der Waals surface area contributed by atoms with Gasteiger partial charge < -0.3 is 9.47 Å². The van der Waals surface area contributed by atoms with Crippen molar-refractivity contribution in [3.05, 3.63) is 42.5 Å². The highest BCUT2D eigenvalue weighted by atomic mass is 16.5. The number of carbonyl (C=O) groups excluding carboxylic acids is 1. The molecule has 1 aromatic carbocycles. The molecule has 1 heterocycles. The third-order valence-corrected chi connectivity index (χ3v) is 2.37. The van der Waals surface area contributed by atoms with E-state index in [-0.39, 0.29) is 17.9 Å². The number of rotatable bonds is 6. The van der Waals surface area contributed by atoms with E-state index in [9.17, 15) is 4.79 Å². The lowest BCUT2D eigenvalue weighted by Gasteiger charge is -2.08. The highest BCUT2D eigenvalue weighted by molar-refractivity contribution is 6.05. The summed E-state index contributed by atoms with van der Waals surface area (Å²) in [5, 5.41) is 8.86. The maximum absolute atomic E-state index is 12.2. The van der Waals surface area contributed by atoms with Crippen molar-refractivity contribution in [2.45, 2.75) is 0 Å². The predicted octanol–water partition coefficient (Wildman–Crippen LogP) is 1.63. The zero-order chi connectivity index (χ0) is 14.4. The van der Waals surface area contributed by atoms with Crippen LogP contribution in [0.4, 0.5) is 5.95 Å². The number of anilines is 1. The number of nitrogens with one attached hydrogen (secondary N) is 2. The molecule has 0 bridgehead atoms. The van der Waals surface area contributed by atoms with Crippen LogP contribution in [-0.4, -0.2) is 34.8 Å². The maximum Gasteiger partial charge on any atom is 0.336 e. The molecule has 0 unspecified atom stereocenters. The third-order valence-electron chi connectivity index (χ3n) is 2.37. The summed E-state index contributed by atoms with van der Waals surface area (Å²) in [5.74, 6) is 0.310. The SMILES string of the molecule is C=CCOc1ccccc1C(=O)Nc1nc(OC)n[nH]1. The number of amides is 1. The van der Waals surface area contributed by atoms with Gasteiger partial charge in [-0.3, -0.25) is 10.1 Å². The fraction of sp³-hybridized carbons (Fsp3) is 0.154. The topological polar surface area (TPSA) is 89.1 Å². The summed E-state index contributed by atoms with van der Waals surface area (Å²) >= 11 is 0. The second kappa shape index (κ2) is 6.37. The van der Waals surface area contributed by atoms with Crippen LogP contribution in [0.1, 0.15) is 10.4 Å². The van der Waals surface area contributed by atoms with E-state index in [4.69, 9.17) is 9.47 Å². The van der Waals surface area contributed by atoms with Crippen LogP contribution in [0.5, 0.6) is 11.8 Å². The minimum atomic E-state index is -0.358. The van der Waals surface area contributed by atoms with Crippen molar-refractivity contribution in [1.82, 2.24) is 15.2 Å². The van der Waals surface area contributed by atoms with Gasteiger partial charge in [0.2, 0.25) is 5.95 Å². The number of aromatic amines is 1. The van der Waals surface area contributed by atoms with Gasteiger partial charge in [0.05, 0.1) is 12.7 Å². The molecule has 7 nitrogen and oxygen atoms in total. The largest absolute Gasteiger partial charge is 0.489 e. The van der Waals surface area contributed by atoms with Crippen LogP contribution in [0.2, 0.25) is 0 Å². The molecule has 2 aromatic rings. The van der Waals surface area contributed by atoms with Gasteiger partial charge in [-0.25, -0.2) is 5.10 Å². The van der Waals surface area contributed by atoms with Gasteiger partial charge in [0.1, 0.15) is 12.4 Å². The Kier molecular flexibility index (Phi) is 4.33. The summed E-state index contributed by atoms with van der Waals surface area (Å²) in [6.45, 7) is 3.89.